The number of carbonyl (C=O) groups is 2. The third kappa shape index (κ3) is 5.19. The van der Waals surface area contributed by atoms with E-state index in [1.165, 1.54) is 6.07 Å². The number of hydrogen-bond acceptors (Lipinski definition) is 5. The molecule has 3 rings (SSSR count). The van der Waals surface area contributed by atoms with E-state index < -0.39 is 41.7 Å². The molecule has 0 aromatic heterocycles. The highest BCUT2D eigenvalue weighted by Gasteiger charge is 2.52. The van der Waals surface area contributed by atoms with E-state index in [9.17, 15) is 9.59 Å². The molecule has 0 bridgehead atoms. The molecule has 182 valence electrons. The van der Waals surface area contributed by atoms with Gasteiger partial charge in [0.1, 0.15) is 11.4 Å². The number of rotatable bonds is 2. The van der Waals surface area contributed by atoms with Crippen LogP contribution in [0.15, 0.2) is 12.1 Å². The molecule has 1 aromatic rings. The minimum absolute atomic E-state index is 0.00526. The zero-order valence-corrected chi connectivity index (χ0v) is 21.2. The molecule has 2 aliphatic heterocycles. The van der Waals surface area contributed by atoms with Crippen LogP contribution in [0.3, 0.4) is 0 Å². The van der Waals surface area contributed by atoms with Crippen LogP contribution in [-0.2, 0) is 14.0 Å². The van der Waals surface area contributed by atoms with Crippen LogP contribution >= 0.6 is 0 Å². The zero-order valence-electron chi connectivity index (χ0n) is 21.2. The quantitative estimate of drug-likeness (QED) is 0.630. The SMILES string of the molecule is Cc1cc(C(=O)N2CCN(C(=O)OC(C)(C)C)[C@@H](C)C2)c(F)cc1B1OC(C)(C)C(C)(C)O1. The summed E-state index contributed by atoms with van der Waals surface area (Å²) in [5.74, 6) is -1.01. The molecule has 1 aromatic carbocycles. The monoisotopic (exact) mass is 462 g/mol. The molecule has 0 N–H and O–H groups in total. The summed E-state index contributed by atoms with van der Waals surface area (Å²) in [5.41, 5.74) is -0.378. The maximum Gasteiger partial charge on any atom is 0.495 e. The third-order valence-corrected chi connectivity index (χ3v) is 6.64. The molecule has 9 heteroatoms. The summed E-state index contributed by atoms with van der Waals surface area (Å²) in [6.07, 6.45) is -0.407. The molecule has 33 heavy (non-hydrogen) atoms. The number of carbonyl (C=O) groups excluding carboxylic acids is 2. The standard InChI is InChI=1S/C24H36BFN2O5/c1-15-12-17(19(26)13-18(15)25-32-23(6,7)24(8,9)33-25)20(29)27-10-11-28(16(2)14-27)21(30)31-22(3,4)5/h12-13,16H,10-11,14H2,1-9H3/t16-/m0/s1. The van der Waals surface area contributed by atoms with Crippen molar-refractivity contribution in [1.82, 2.24) is 9.80 Å². The van der Waals surface area contributed by atoms with Crippen molar-refractivity contribution >= 4 is 24.6 Å². The minimum Gasteiger partial charge on any atom is -0.444 e. The normalized spacial score (nSPS) is 22.5. The van der Waals surface area contributed by atoms with Crippen molar-refractivity contribution in [2.45, 2.75) is 85.2 Å². The lowest BCUT2D eigenvalue weighted by Gasteiger charge is -2.40. The van der Waals surface area contributed by atoms with Crippen LogP contribution in [0.2, 0.25) is 0 Å². The molecule has 0 saturated carbocycles. The Kier molecular flexibility index (Phi) is 6.63. The molecule has 2 saturated heterocycles. The van der Waals surface area contributed by atoms with E-state index in [1.807, 2.05) is 62.3 Å². The lowest BCUT2D eigenvalue weighted by Crippen LogP contribution is -2.56. The van der Waals surface area contributed by atoms with Gasteiger partial charge in [0.05, 0.1) is 16.8 Å². The number of piperazine rings is 1. The highest BCUT2D eigenvalue weighted by atomic mass is 19.1. The van der Waals surface area contributed by atoms with E-state index in [-0.39, 0.29) is 11.6 Å². The van der Waals surface area contributed by atoms with Crippen molar-refractivity contribution in [1.29, 1.82) is 0 Å². The number of benzene rings is 1. The molecule has 0 aliphatic carbocycles. The minimum atomic E-state index is -0.703. The van der Waals surface area contributed by atoms with Gasteiger partial charge >= 0.3 is 13.2 Å². The number of hydrogen-bond donors (Lipinski definition) is 0. The molecule has 2 heterocycles. The number of ether oxygens (including phenoxy) is 1. The molecule has 0 radical (unpaired) electrons. The van der Waals surface area contributed by atoms with Crippen LogP contribution in [0.1, 0.15) is 71.3 Å². The Morgan fingerprint density at radius 1 is 1.12 bits per heavy atom. The van der Waals surface area contributed by atoms with Crippen LogP contribution in [0, 0.1) is 12.7 Å². The van der Waals surface area contributed by atoms with E-state index in [0.29, 0.717) is 25.1 Å². The first-order chi connectivity index (χ1) is 15.0. The van der Waals surface area contributed by atoms with E-state index >= 15 is 4.39 Å². The van der Waals surface area contributed by atoms with Gasteiger partial charge < -0.3 is 23.8 Å². The Labute approximate surface area is 196 Å². The second-order valence-corrected chi connectivity index (χ2v) is 11.1. The highest BCUT2D eigenvalue weighted by molar-refractivity contribution is 6.62. The second-order valence-electron chi connectivity index (χ2n) is 11.1. The van der Waals surface area contributed by atoms with Crippen molar-refractivity contribution in [2.24, 2.45) is 0 Å². The maximum atomic E-state index is 15.1. The summed E-state index contributed by atoms with van der Waals surface area (Å²) >= 11 is 0. The van der Waals surface area contributed by atoms with Crippen molar-refractivity contribution < 1.29 is 28.0 Å². The predicted octanol–water partition coefficient (Wildman–Crippen LogP) is 3.51. The molecule has 2 fully saturated rings. The first kappa shape index (κ1) is 25.5. The van der Waals surface area contributed by atoms with Gasteiger partial charge in [-0.1, -0.05) is 5.56 Å². The summed E-state index contributed by atoms with van der Waals surface area (Å²) in [6.45, 7) is 17.8. The average Bonchev–Trinajstić information content (AvgIpc) is 2.88. The molecular formula is C24H36BFN2O5. The van der Waals surface area contributed by atoms with Crippen LogP contribution in [0.25, 0.3) is 0 Å². The van der Waals surface area contributed by atoms with Crippen LogP contribution < -0.4 is 5.46 Å². The number of amides is 2. The molecule has 1 atom stereocenters. The van der Waals surface area contributed by atoms with E-state index in [2.05, 4.69) is 0 Å². The van der Waals surface area contributed by atoms with Gasteiger partial charge in [-0.2, -0.15) is 0 Å². The first-order valence-corrected chi connectivity index (χ1v) is 11.5. The van der Waals surface area contributed by atoms with Crippen molar-refractivity contribution in [3.8, 4) is 0 Å². The summed E-state index contributed by atoms with van der Waals surface area (Å²) in [5, 5.41) is 0. The molecule has 7 nitrogen and oxygen atoms in total. The topological polar surface area (TPSA) is 68.3 Å². The van der Waals surface area contributed by atoms with Crippen molar-refractivity contribution in [2.75, 3.05) is 19.6 Å². The van der Waals surface area contributed by atoms with E-state index in [4.69, 9.17) is 14.0 Å². The van der Waals surface area contributed by atoms with E-state index in [0.717, 1.165) is 5.56 Å². The van der Waals surface area contributed by atoms with Gasteiger partial charge in [0.25, 0.3) is 5.91 Å². The Morgan fingerprint density at radius 3 is 2.21 bits per heavy atom. The van der Waals surface area contributed by atoms with Gasteiger partial charge in [-0.3, -0.25) is 4.79 Å². The Morgan fingerprint density at radius 2 is 1.70 bits per heavy atom. The van der Waals surface area contributed by atoms with Crippen LogP contribution in [0.4, 0.5) is 9.18 Å². The Bertz CT molecular complexity index is 928. The molecule has 0 spiro atoms. The lowest BCUT2D eigenvalue weighted by molar-refractivity contribution is 0.00190. The average molecular weight is 462 g/mol. The Hall–Kier alpha value is -2.13. The fraction of sp³-hybridized carbons (Fsp3) is 0.667. The van der Waals surface area contributed by atoms with E-state index in [1.54, 1.807) is 15.9 Å². The van der Waals surface area contributed by atoms with Gasteiger partial charge in [0.15, 0.2) is 0 Å². The lowest BCUT2D eigenvalue weighted by atomic mass is 9.75. The van der Waals surface area contributed by atoms with Gasteiger partial charge in [-0.05, 0) is 79.9 Å². The second kappa shape index (κ2) is 8.58. The molecular weight excluding hydrogens is 426 g/mol. The molecule has 0 unspecified atom stereocenters. The van der Waals surface area contributed by atoms with Crippen molar-refractivity contribution in [3.63, 3.8) is 0 Å². The summed E-state index contributed by atoms with van der Waals surface area (Å²) in [6, 6.07) is 2.65. The van der Waals surface area contributed by atoms with Gasteiger partial charge in [0.2, 0.25) is 0 Å². The smallest absolute Gasteiger partial charge is 0.444 e. The largest absolute Gasteiger partial charge is 0.495 e. The third-order valence-electron chi connectivity index (χ3n) is 6.64. The fourth-order valence-electron chi connectivity index (χ4n) is 3.99. The Balaban J connectivity index is 1.74. The summed E-state index contributed by atoms with van der Waals surface area (Å²) in [4.78, 5) is 28.8. The number of halogens is 1. The number of aryl methyl sites for hydroxylation is 1. The highest BCUT2D eigenvalue weighted by Crippen LogP contribution is 2.36. The zero-order chi connectivity index (χ0) is 24.9. The summed E-state index contributed by atoms with van der Waals surface area (Å²) in [7, 11) is -0.703. The van der Waals surface area contributed by atoms with Gasteiger partial charge in [-0.15, -0.1) is 0 Å². The molecule has 2 aliphatic rings. The number of nitrogens with zero attached hydrogens (tertiary/aromatic N) is 2. The van der Waals surface area contributed by atoms with Gasteiger partial charge in [0, 0.05) is 25.7 Å². The van der Waals surface area contributed by atoms with Gasteiger partial charge in [-0.25, -0.2) is 9.18 Å². The van der Waals surface area contributed by atoms with Crippen LogP contribution in [0.5, 0.6) is 0 Å². The van der Waals surface area contributed by atoms with Crippen molar-refractivity contribution in [3.05, 3.63) is 29.1 Å². The molecule has 2 amide bonds. The summed E-state index contributed by atoms with van der Waals surface area (Å²) < 4.78 is 32.7. The fourth-order valence-corrected chi connectivity index (χ4v) is 3.99. The predicted molar refractivity (Wildman–Crippen MR) is 125 cm³/mol. The first-order valence-electron chi connectivity index (χ1n) is 11.5. The van der Waals surface area contributed by atoms with Crippen LogP contribution in [-0.4, -0.2) is 71.4 Å². The maximum absolute atomic E-state index is 15.1.